The van der Waals surface area contributed by atoms with E-state index in [1.807, 2.05) is 20.8 Å². The minimum absolute atomic E-state index is 0.0762. The first-order valence-corrected chi connectivity index (χ1v) is 5.24. The van der Waals surface area contributed by atoms with Gasteiger partial charge in [-0.1, -0.05) is 20.8 Å². The van der Waals surface area contributed by atoms with Crippen LogP contribution in [0.4, 0.5) is 0 Å². The number of likely N-dealkylation sites (N-methyl/N-ethyl adjacent to an activating group) is 1. The SMILES string of the molecule is CCC(C)(C)C(=O)N[C@H](C)C(=O)N(C)C. The van der Waals surface area contributed by atoms with E-state index in [2.05, 4.69) is 5.32 Å². The molecule has 0 aliphatic carbocycles. The fraction of sp³-hybridized carbons (Fsp3) is 0.818. The van der Waals surface area contributed by atoms with E-state index in [0.717, 1.165) is 6.42 Å². The lowest BCUT2D eigenvalue weighted by atomic mass is 9.89. The Kier molecular flexibility index (Phi) is 4.78. The van der Waals surface area contributed by atoms with Crippen LogP contribution in [-0.2, 0) is 9.59 Å². The van der Waals surface area contributed by atoms with Crippen molar-refractivity contribution in [2.24, 2.45) is 5.41 Å². The topological polar surface area (TPSA) is 49.4 Å². The van der Waals surface area contributed by atoms with Gasteiger partial charge < -0.3 is 10.2 Å². The zero-order valence-electron chi connectivity index (χ0n) is 10.5. The van der Waals surface area contributed by atoms with E-state index in [0.29, 0.717) is 0 Å². The van der Waals surface area contributed by atoms with E-state index < -0.39 is 11.5 Å². The van der Waals surface area contributed by atoms with Gasteiger partial charge in [0, 0.05) is 19.5 Å². The highest BCUT2D eigenvalue weighted by molar-refractivity contribution is 5.89. The second kappa shape index (κ2) is 5.14. The predicted molar refractivity (Wildman–Crippen MR) is 60.4 cm³/mol. The molecule has 0 aromatic carbocycles. The maximum atomic E-state index is 11.8. The van der Waals surface area contributed by atoms with Crippen LogP contribution in [0.2, 0.25) is 0 Å². The molecule has 0 heterocycles. The van der Waals surface area contributed by atoms with Gasteiger partial charge in [0.1, 0.15) is 6.04 Å². The van der Waals surface area contributed by atoms with Gasteiger partial charge in [0.25, 0.3) is 0 Å². The standard InChI is InChI=1S/C11H22N2O2/c1-7-11(3,4)10(15)12-8(2)9(14)13(5)6/h8H,7H2,1-6H3,(H,12,15)/t8-/m1/s1. The molecular formula is C11H22N2O2. The molecule has 1 N–H and O–H groups in total. The van der Waals surface area contributed by atoms with Crippen LogP contribution in [0.5, 0.6) is 0 Å². The quantitative estimate of drug-likeness (QED) is 0.759. The van der Waals surface area contributed by atoms with Crippen molar-refractivity contribution in [1.82, 2.24) is 10.2 Å². The fourth-order valence-corrected chi connectivity index (χ4v) is 1.00. The van der Waals surface area contributed by atoms with Crippen LogP contribution in [0.25, 0.3) is 0 Å². The van der Waals surface area contributed by atoms with Gasteiger partial charge in [-0.25, -0.2) is 0 Å². The van der Waals surface area contributed by atoms with Crippen molar-refractivity contribution in [3.8, 4) is 0 Å². The molecule has 0 unspecified atom stereocenters. The fourth-order valence-electron chi connectivity index (χ4n) is 1.00. The van der Waals surface area contributed by atoms with E-state index in [1.165, 1.54) is 4.90 Å². The number of nitrogens with zero attached hydrogens (tertiary/aromatic N) is 1. The number of hydrogen-bond donors (Lipinski definition) is 1. The van der Waals surface area contributed by atoms with Crippen LogP contribution in [-0.4, -0.2) is 36.9 Å². The third-order valence-corrected chi connectivity index (χ3v) is 2.66. The first-order valence-electron chi connectivity index (χ1n) is 5.24. The molecule has 0 aliphatic rings. The molecule has 0 fully saturated rings. The van der Waals surface area contributed by atoms with Gasteiger partial charge in [0.2, 0.25) is 11.8 Å². The molecule has 0 radical (unpaired) electrons. The van der Waals surface area contributed by atoms with Gasteiger partial charge in [0.05, 0.1) is 0 Å². The van der Waals surface area contributed by atoms with Crippen LogP contribution in [0.15, 0.2) is 0 Å². The second-order valence-corrected chi connectivity index (χ2v) is 4.67. The minimum atomic E-state index is -0.460. The van der Waals surface area contributed by atoms with Crippen molar-refractivity contribution < 1.29 is 9.59 Å². The lowest BCUT2D eigenvalue weighted by Gasteiger charge is -2.25. The van der Waals surface area contributed by atoms with E-state index in [-0.39, 0.29) is 11.8 Å². The van der Waals surface area contributed by atoms with Crippen molar-refractivity contribution >= 4 is 11.8 Å². The van der Waals surface area contributed by atoms with Crippen molar-refractivity contribution in [1.29, 1.82) is 0 Å². The molecule has 1 atom stereocenters. The van der Waals surface area contributed by atoms with E-state index in [1.54, 1.807) is 21.0 Å². The van der Waals surface area contributed by atoms with Gasteiger partial charge in [-0.05, 0) is 13.3 Å². The Morgan fingerprint density at radius 3 is 2.13 bits per heavy atom. The lowest BCUT2D eigenvalue weighted by molar-refractivity contribution is -0.137. The molecule has 0 aliphatic heterocycles. The number of carbonyl (C=O) groups excluding carboxylic acids is 2. The summed E-state index contributed by atoms with van der Waals surface area (Å²) in [5.74, 6) is -0.164. The van der Waals surface area contributed by atoms with Crippen molar-refractivity contribution in [3.05, 3.63) is 0 Å². The third kappa shape index (κ3) is 3.90. The van der Waals surface area contributed by atoms with E-state index in [4.69, 9.17) is 0 Å². The molecule has 4 heteroatoms. The molecule has 0 aromatic rings. The summed E-state index contributed by atoms with van der Waals surface area (Å²) in [4.78, 5) is 24.7. The number of nitrogens with one attached hydrogen (secondary N) is 1. The second-order valence-electron chi connectivity index (χ2n) is 4.67. The highest BCUT2D eigenvalue weighted by atomic mass is 16.2. The highest BCUT2D eigenvalue weighted by Crippen LogP contribution is 2.19. The monoisotopic (exact) mass is 214 g/mol. The Morgan fingerprint density at radius 2 is 1.80 bits per heavy atom. The lowest BCUT2D eigenvalue weighted by Crippen LogP contribution is -2.48. The van der Waals surface area contributed by atoms with Crippen LogP contribution < -0.4 is 5.32 Å². The summed E-state index contributed by atoms with van der Waals surface area (Å²) < 4.78 is 0. The first kappa shape index (κ1) is 13.9. The third-order valence-electron chi connectivity index (χ3n) is 2.66. The molecule has 88 valence electrons. The molecular weight excluding hydrogens is 192 g/mol. The maximum absolute atomic E-state index is 11.8. The average Bonchev–Trinajstić information content (AvgIpc) is 2.16. The number of amides is 2. The molecule has 4 nitrogen and oxygen atoms in total. The number of carbonyl (C=O) groups is 2. The first-order chi connectivity index (χ1) is 6.72. The summed E-state index contributed by atoms with van der Waals surface area (Å²) in [5, 5.41) is 2.72. The van der Waals surface area contributed by atoms with Crippen LogP contribution >= 0.6 is 0 Å². The van der Waals surface area contributed by atoms with Crippen LogP contribution in [0.1, 0.15) is 34.1 Å². The zero-order chi connectivity index (χ0) is 12.2. The van der Waals surface area contributed by atoms with Gasteiger partial charge in [-0.3, -0.25) is 9.59 Å². The molecule has 2 amide bonds. The van der Waals surface area contributed by atoms with Gasteiger partial charge in [-0.2, -0.15) is 0 Å². The summed E-state index contributed by atoms with van der Waals surface area (Å²) in [6, 6.07) is -0.460. The highest BCUT2D eigenvalue weighted by Gasteiger charge is 2.28. The number of hydrogen-bond acceptors (Lipinski definition) is 2. The van der Waals surface area contributed by atoms with Gasteiger partial charge in [0.15, 0.2) is 0 Å². The Morgan fingerprint density at radius 1 is 1.33 bits per heavy atom. The van der Waals surface area contributed by atoms with Gasteiger partial charge in [-0.15, -0.1) is 0 Å². The van der Waals surface area contributed by atoms with Crippen molar-refractivity contribution in [2.45, 2.75) is 40.2 Å². The summed E-state index contributed by atoms with van der Waals surface area (Å²) in [6.45, 7) is 7.40. The van der Waals surface area contributed by atoms with E-state index >= 15 is 0 Å². The summed E-state index contributed by atoms with van der Waals surface area (Å²) in [5.41, 5.74) is -0.416. The Bertz CT molecular complexity index is 247. The Balaban J connectivity index is 4.37. The van der Waals surface area contributed by atoms with E-state index in [9.17, 15) is 9.59 Å². The molecule has 0 rings (SSSR count). The Hall–Kier alpha value is -1.06. The van der Waals surface area contributed by atoms with Gasteiger partial charge >= 0.3 is 0 Å². The van der Waals surface area contributed by atoms with Crippen LogP contribution in [0, 0.1) is 5.41 Å². The normalized spacial score (nSPS) is 13.2. The van der Waals surface area contributed by atoms with Crippen molar-refractivity contribution in [2.75, 3.05) is 14.1 Å². The minimum Gasteiger partial charge on any atom is -0.347 e. The van der Waals surface area contributed by atoms with Crippen molar-refractivity contribution in [3.63, 3.8) is 0 Å². The smallest absolute Gasteiger partial charge is 0.244 e. The predicted octanol–water partition coefficient (Wildman–Crippen LogP) is 1.02. The average molecular weight is 214 g/mol. The molecule has 15 heavy (non-hydrogen) atoms. The Labute approximate surface area is 92.0 Å². The maximum Gasteiger partial charge on any atom is 0.244 e. The van der Waals surface area contributed by atoms with Crippen LogP contribution in [0.3, 0.4) is 0 Å². The summed E-state index contributed by atoms with van der Waals surface area (Å²) >= 11 is 0. The number of rotatable bonds is 4. The molecule has 0 aromatic heterocycles. The summed E-state index contributed by atoms with van der Waals surface area (Å²) in [7, 11) is 3.35. The summed E-state index contributed by atoms with van der Waals surface area (Å²) in [6.07, 6.45) is 0.752. The molecule has 0 spiro atoms. The molecule has 0 saturated carbocycles. The largest absolute Gasteiger partial charge is 0.347 e. The molecule has 0 bridgehead atoms. The molecule has 0 saturated heterocycles. The zero-order valence-corrected chi connectivity index (χ0v) is 10.5.